The molecule has 0 spiro atoms. The number of rotatable bonds is 9. The van der Waals surface area contributed by atoms with E-state index in [1.807, 2.05) is 0 Å². The molecule has 10 heteroatoms. The number of unbranched alkanes of at least 4 members (excludes halogenated alkanes) is 1. The summed E-state index contributed by atoms with van der Waals surface area (Å²) >= 11 is 0. The normalized spacial score (nSPS) is 18.3. The van der Waals surface area contributed by atoms with Crippen molar-refractivity contribution in [1.29, 1.82) is 0 Å². The lowest BCUT2D eigenvalue weighted by Gasteiger charge is -2.27. The zero-order valence-corrected chi connectivity index (χ0v) is 19.1. The summed E-state index contributed by atoms with van der Waals surface area (Å²) in [4.78, 5) is 62.0. The third-order valence-corrected chi connectivity index (χ3v) is 5.14. The quantitative estimate of drug-likeness (QED) is 0.324. The van der Waals surface area contributed by atoms with Crippen molar-refractivity contribution in [1.82, 2.24) is 10.2 Å². The standard InChI is InChI=1S/C23H29N3O7/c1-23(2,3)33-18(28)13-32-12-5-4-11-24-15-8-6-7-14-19(15)22(31)26(21(14)30)16-9-10-17(27)25-20(16)29/h6-8,16,24H,4-5,9-13H2,1-3H3,(H,25,27,29). The van der Waals surface area contributed by atoms with Crippen LogP contribution in [0.5, 0.6) is 0 Å². The van der Waals surface area contributed by atoms with Crippen molar-refractivity contribution >= 4 is 35.3 Å². The first-order valence-corrected chi connectivity index (χ1v) is 11.0. The van der Waals surface area contributed by atoms with Gasteiger partial charge in [0.15, 0.2) is 0 Å². The molecular formula is C23H29N3O7. The SMILES string of the molecule is CC(C)(C)OC(=O)COCCCCNc1cccc2c1C(=O)N(C1CCC(=O)NC1=O)C2=O. The number of piperidine rings is 1. The molecular weight excluding hydrogens is 430 g/mol. The van der Waals surface area contributed by atoms with Gasteiger partial charge in [0, 0.05) is 25.3 Å². The third kappa shape index (κ3) is 5.95. The van der Waals surface area contributed by atoms with Crippen LogP contribution in [0.1, 0.15) is 67.2 Å². The van der Waals surface area contributed by atoms with Crippen LogP contribution in [-0.2, 0) is 23.9 Å². The fourth-order valence-corrected chi connectivity index (χ4v) is 3.74. The van der Waals surface area contributed by atoms with Crippen LogP contribution in [0.3, 0.4) is 0 Å². The topological polar surface area (TPSA) is 131 Å². The molecule has 1 aromatic rings. The lowest BCUT2D eigenvalue weighted by molar-refractivity contribution is -0.160. The number of carbonyl (C=O) groups is 5. The van der Waals surface area contributed by atoms with Crippen molar-refractivity contribution in [3.05, 3.63) is 29.3 Å². The molecule has 1 unspecified atom stereocenters. The van der Waals surface area contributed by atoms with Crippen LogP contribution in [0.4, 0.5) is 5.69 Å². The number of amides is 4. The summed E-state index contributed by atoms with van der Waals surface area (Å²) in [5, 5.41) is 5.35. The van der Waals surface area contributed by atoms with E-state index >= 15 is 0 Å². The first-order chi connectivity index (χ1) is 15.6. The molecule has 0 aromatic heterocycles. The molecule has 3 rings (SSSR count). The second-order valence-corrected chi connectivity index (χ2v) is 8.95. The van der Waals surface area contributed by atoms with Gasteiger partial charge in [-0.05, 0) is 52.2 Å². The Labute approximate surface area is 192 Å². The van der Waals surface area contributed by atoms with E-state index in [1.165, 1.54) is 0 Å². The molecule has 0 aliphatic carbocycles. The van der Waals surface area contributed by atoms with E-state index in [2.05, 4.69) is 10.6 Å². The maximum Gasteiger partial charge on any atom is 0.332 e. The molecule has 0 saturated carbocycles. The lowest BCUT2D eigenvalue weighted by Crippen LogP contribution is -2.54. The molecule has 1 atom stereocenters. The highest BCUT2D eigenvalue weighted by Gasteiger charge is 2.45. The first kappa shape index (κ1) is 24.4. The van der Waals surface area contributed by atoms with Crippen molar-refractivity contribution in [2.75, 3.05) is 25.1 Å². The fraction of sp³-hybridized carbons (Fsp3) is 0.522. The number of hydrogen-bond donors (Lipinski definition) is 2. The molecule has 1 aromatic carbocycles. The summed E-state index contributed by atoms with van der Waals surface area (Å²) in [6, 6.07) is 3.93. The van der Waals surface area contributed by atoms with E-state index in [0.29, 0.717) is 31.7 Å². The highest BCUT2D eigenvalue weighted by Crippen LogP contribution is 2.32. The Morgan fingerprint density at radius 3 is 2.61 bits per heavy atom. The Kier molecular flexibility index (Phi) is 7.47. The lowest BCUT2D eigenvalue weighted by atomic mass is 10.0. The van der Waals surface area contributed by atoms with Crippen molar-refractivity contribution in [3.63, 3.8) is 0 Å². The van der Waals surface area contributed by atoms with Crippen LogP contribution in [-0.4, -0.2) is 65.9 Å². The summed E-state index contributed by atoms with van der Waals surface area (Å²) in [5.74, 6) is -2.55. The predicted molar refractivity (Wildman–Crippen MR) is 118 cm³/mol. The van der Waals surface area contributed by atoms with E-state index in [-0.39, 0.29) is 30.6 Å². The van der Waals surface area contributed by atoms with Crippen LogP contribution in [0, 0.1) is 0 Å². The minimum Gasteiger partial charge on any atom is -0.458 e. The number of hydrogen-bond acceptors (Lipinski definition) is 8. The first-order valence-electron chi connectivity index (χ1n) is 11.0. The molecule has 2 aliphatic rings. The zero-order valence-electron chi connectivity index (χ0n) is 19.1. The highest BCUT2D eigenvalue weighted by atomic mass is 16.6. The average molecular weight is 459 g/mol. The predicted octanol–water partition coefficient (Wildman–Crippen LogP) is 1.64. The van der Waals surface area contributed by atoms with E-state index < -0.39 is 41.2 Å². The van der Waals surface area contributed by atoms with Crippen molar-refractivity contribution in [2.24, 2.45) is 0 Å². The largest absolute Gasteiger partial charge is 0.458 e. The number of esters is 1. The number of nitrogens with zero attached hydrogens (tertiary/aromatic N) is 1. The van der Waals surface area contributed by atoms with Crippen molar-refractivity contribution in [2.45, 2.75) is 58.1 Å². The minimum atomic E-state index is -0.995. The maximum absolute atomic E-state index is 13.0. The molecule has 10 nitrogen and oxygen atoms in total. The summed E-state index contributed by atoms with van der Waals surface area (Å²) in [7, 11) is 0. The molecule has 0 bridgehead atoms. The number of benzene rings is 1. The van der Waals surface area contributed by atoms with Crippen LogP contribution in [0.15, 0.2) is 18.2 Å². The average Bonchev–Trinajstić information content (AvgIpc) is 2.97. The third-order valence-electron chi connectivity index (χ3n) is 5.14. The fourth-order valence-electron chi connectivity index (χ4n) is 3.74. The number of imide groups is 2. The number of nitrogens with one attached hydrogen (secondary N) is 2. The van der Waals surface area contributed by atoms with Gasteiger partial charge < -0.3 is 14.8 Å². The van der Waals surface area contributed by atoms with E-state index in [1.54, 1.807) is 39.0 Å². The van der Waals surface area contributed by atoms with Gasteiger partial charge in [-0.1, -0.05) is 6.07 Å². The summed E-state index contributed by atoms with van der Waals surface area (Å²) in [6.07, 6.45) is 1.57. The van der Waals surface area contributed by atoms with Gasteiger partial charge in [0.25, 0.3) is 11.8 Å². The van der Waals surface area contributed by atoms with Crippen LogP contribution in [0.25, 0.3) is 0 Å². The Balaban J connectivity index is 1.50. The number of fused-ring (bicyclic) bond motifs is 1. The van der Waals surface area contributed by atoms with E-state index in [9.17, 15) is 24.0 Å². The molecule has 0 radical (unpaired) electrons. The van der Waals surface area contributed by atoms with Crippen LogP contribution < -0.4 is 10.6 Å². The Morgan fingerprint density at radius 2 is 1.91 bits per heavy atom. The van der Waals surface area contributed by atoms with Gasteiger partial charge in [-0.25, -0.2) is 4.79 Å². The Hall–Kier alpha value is -3.27. The monoisotopic (exact) mass is 459 g/mol. The van der Waals surface area contributed by atoms with Gasteiger partial charge >= 0.3 is 5.97 Å². The van der Waals surface area contributed by atoms with E-state index in [0.717, 1.165) is 4.90 Å². The van der Waals surface area contributed by atoms with E-state index in [4.69, 9.17) is 9.47 Å². The summed E-state index contributed by atoms with van der Waals surface area (Å²) in [6.45, 7) is 6.17. The summed E-state index contributed by atoms with van der Waals surface area (Å²) in [5.41, 5.74) is 0.423. The molecule has 2 heterocycles. The highest BCUT2D eigenvalue weighted by molar-refractivity contribution is 6.25. The zero-order chi connectivity index (χ0) is 24.2. The van der Waals surface area contributed by atoms with Crippen LogP contribution in [0.2, 0.25) is 0 Å². The number of carbonyl (C=O) groups excluding carboxylic acids is 5. The molecule has 33 heavy (non-hydrogen) atoms. The van der Waals surface area contributed by atoms with Crippen LogP contribution >= 0.6 is 0 Å². The molecule has 178 valence electrons. The summed E-state index contributed by atoms with van der Waals surface area (Å²) < 4.78 is 10.5. The Morgan fingerprint density at radius 1 is 1.15 bits per heavy atom. The smallest absolute Gasteiger partial charge is 0.332 e. The second-order valence-electron chi connectivity index (χ2n) is 8.95. The number of anilines is 1. The molecule has 2 N–H and O–H groups in total. The molecule has 1 fully saturated rings. The molecule has 4 amide bonds. The maximum atomic E-state index is 13.0. The van der Waals surface area contributed by atoms with Gasteiger partial charge in [0.1, 0.15) is 18.2 Å². The van der Waals surface area contributed by atoms with Crippen molar-refractivity contribution < 1.29 is 33.4 Å². The second kappa shape index (κ2) is 10.1. The minimum absolute atomic E-state index is 0.0743. The van der Waals surface area contributed by atoms with Gasteiger partial charge in [-0.15, -0.1) is 0 Å². The van der Waals surface area contributed by atoms with Gasteiger partial charge in [-0.2, -0.15) is 0 Å². The molecule has 1 saturated heterocycles. The molecule has 2 aliphatic heterocycles. The van der Waals surface area contributed by atoms with Crippen molar-refractivity contribution in [3.8, 4) is 0 Å². The van der Waals surface area contributed by atoms with Gasteiger partial charge in [0.05, 0.1) is 11.1 Å². The number of ether oxygens (including phenoxy) is 2. The Bertz CT molecular complexity index is 967. The van der Waals surface area contributed by atoms with Gasteiger partial charge in [0.2, 0.25) is 11.8 Å². The van der Waals surface area contributed by atoms with Gasteiger partial charge in [-0.3, -0.25) is 29.4 Å².